The maximum absolute atomic E-state index is 6.84. The highest BCUT2D eigenvalue weighted by Gasteiger charge is 2.39. The van der Waals surface area contributed by atoms with Crippen molar-refractivity contribution < 1.29 is 4.42 Å². The molecule has 0 saturated carbocycles. The molecule has 13 aromatic carbocycles. The van der Waals surface area contributed by atoms with E-state index in [0.29, 0.717) is 0 Å². The zero-order valence-electron chi connectivity index (χ0n) is 46.4. The van der Waals surface area contributed by atoms with E-state index in [-0.39, 0.29) is 5.41 Å². The van der Waals surface area contributed by atoms with Crippen LogP contribution >= 0.6 is 0 Å². The summed E-state index contributed by atoms with van der Waals surface area (Å²) < 4.78 is 6.84. The van der Waals surface area contributed by atoms with Crippen molar-refractivity contribution in [2.45, 2.75) is 33.1 Å². The first-order valence-corrected chi connectivity index (χ1v) is 28.5. The van der Waals surface area contributed by atoms with Crippen molar-refractivity contribution in [3.63, 3.8) is 0 Å². The molecule has 0 spiro atoms. The SMILES string of the molecule is Cc1ccc(C(C)(C)C)cc1N(c1ccccc1)c1ccc2c(-c3ccccc3)c3c(c(-c4ccccc4)c2c1)-c1c-3c(-c2ccccc2)c2ccc(N(c3ccccc3)c3cccc4c3oc3ccccc34)cc2c1-c1ccccc1. The zero-order chi connectivity index (χ0) is 55.1. The highest BCUT2D eigenvalue weighted by Crippen LogP contribution is 2.66. The largest absolute Gasteiger partial charge is 0.454 e. The molecule has 1 aromatic heterocycles. The molecule has 0 amide bonds. The lowest BCUT2D eigenvalue weighted by atomic mass is 9.65. The summed E-state index contributed by atoms with van der Waals surface area (Å²) in [6.45, 7) is 9.15. The van der Waals surface area contributed by atoms with Crippen molar-refractivity contribution in [1.29, 1.82) is 0 Å². The second-order valence-electron chi connectivity index (χ2n) is 22.8. The lowest BCUT2D eigenvalue weighted by Crippen LogP contribution is -2.15. The molecule has 0 unspecified atom stereocenters. The van der Waals surface area contributed by atoms with Gasteiger partial charge >= 0.3 is 0 Å². The first-order valence-electron chi connectivity index (χ1n) is 28.5. The second-order valence-corrected chi connectivity index (χ2v) is 22.8. The number of nitrogens with zero attached hydrogens (tertiary/aromatic N) is 2. The summed E-state index contributed by atoms with van der Waals surface area (Å²) in [6, 6.07) is 102. The predicted molar refractivity (Wildman–Crippen MR) is 348 cm³/mol. The van der Waals surface area contributed by atoms with Crippen molar-refractivity contribution in [3.05, 3.63) is 290 Å². The van der Waals surface area contributed by atoms with E-state index in [1.54, 1.807) is 0 Å². The molecule has 0 atom stereocenters. The van der Waals surface area contributed by atoms with E-state index in [9.17, 15) is 0 Å². The van der Waals surface area contributed by atoms with Crippen LogP contribution in [0.4, 0.5) is 34.1 Å². The predicted octanol–water partition coefficient (Wildman–Crippen LogP) is 22.8. The lowest BCUT2D eigenvalue weighted by Gasteiger charge is -2.38. The minimum absolute atomic E-state index is 0.0443. The summed E-state index contributed by atoms with van der Waals surface area (Å²) in [7, 11) is 0. The average Bonchev–Trinajstić information content (AvgIpc) is 1.60. The van der Waals surface area contributed by atoms with Gasteiger partial charge in [0.05, 0.1) is 5.69 Å². The Morgan fingerprint density at radius 3 is 1.12 bits per heavy atom. The molecule has 1 heterocycles. The third kappa shape index (κ3) is 7.95. The molecule has 0 aliphatic heterocycles. The van der Waals surface area contributed by atoms with Crippen LogP contribution in [0, 0.1) is 6.92 Å². The molecule has 0 bridgehead atoms. The molecule has 3 nitrogen and oxygen atoms in total. The molecule has 0 saturated heterocycles. The summed E-state index contributed by atoms with van der Waals surface area (Å²) in [5.74, 6) is 0. The van der Waals surface area contributed by atoms with Crippen molar-refractivity contribution in [2.75, 3.05) is 9.80 Å². The molecule has 0 N–H and O–H groups in total. The van der Waals surface area contributed by atoms with E-state index >= 15 is 0 Å². The van der Waals surface area contributed by atoms with Gasteiger partial charge in [-0.15, -0.1) is 0 Å². The van der Waals surface area contributed by atoms with Crippen molar-refractivity contribution in [1.82, 2.24) is 0 Å². The monoisotopic (exact) mass is 1050 g/mol. The normalized spacial score (nSPS) is 11.9. The first kappa shape index (κ1) is 48.9. The number of para-hydroxylation sites is 4. The second kappa shape index (κ2) is 19.5. The van der Waals surface area contributed by atoms with Gasteiger partial charge in [0.2, 0.25) is 0 Å². The molecular weight excluding hydrogens is 993 g/mol. The first-order chi connectivity index (χ1) is 40.3. The van der Waals surface area contributed by atoms with Crippen molar-refractivity contribution >= 4 is 77.6 Å². The molecule has 82 heavy (non-hydrogen) atoms. The molecule has 14 aromatic rings. The molecule has 1 aliphatic carbocycles. The van der Waals surface area contributed by atoms with Crippen LogP contribution in [-0.2, 0) is 5.41 Å². The average molecular weight is 1050 g/mol. The van der Waals surface area contributed by atoms with Gasteiger partial charge in [-0.2, -0.15) is 0 Å². The number of aryl methyl sites for hydroxylation is 1. The minimum Gasteiger partial charge on any atom is -0.454 e. The number of hydrogen-bond acceptors (Lipinski definition) is 3. The number of anilines is 6. The summed E-state index contributed by atoms with van der Waals surface area (Å²) >= 11 is 0. The quantitative estimate of drug-likeness (QED) is 0.136. The lowest BCUT2D eigenvalue weighted by molar-refractivity contribution is 0.590. The molecule has 390 valence electrons. The third-order valence-electron chi connectivity index (χ3n) is 16.8. The smallest absolute Gasteiger partial charge is 0.159 e. The molecule has 0 fully saturated rings. The number of hydrogen-bond donors (Lipinski definition) is 0. The van der Waals surface area contributed by atoms with Gasteiger partial charge in [-0.25, -0.2) is 0 Å². The summed E-state index contributed by atoms with van der Waals surface area (Å²) in [5.41, 5.74) is 25.3. The van der Waals surface area contributed by atoms with Crippen LogP contribution in [0.15, 0.2) is 283 Å². The van der Waals surface area contributed by atoms with Gasteiger partial charge in [0, 0.05) is 39.2 Å². The Bertz CT molecular complexity index is 4750. The Hall–Kier alpha value is -10.2. The minimum atomic E-state index is -0.0443. The molecule has 1 aliphatic rings. The van der Waals surface area contributed by atoms with Gasteiger partial charge in [0.25, 0.3) is 0 Å². The van der Waals surface area contributed by atoms with E-state index in [0.717, 1.165) is 55.9 Å². The Kier molecular flexibility index (Phi) is 11.7. The van der Waals surface area contributed by atoms with E-state index in [1.807, 2.05) is 6.07 Å². The maximum atomic E-state index is 6.84. The highest BCUT2D eigenvalue weighted by molar-refractivity contribution is 6.33. The van der Waals surface area contributed by atoms with Crippen molar-refractivity contribution in [2.24, 2.45) is 0 Å². The van der Waals surface area contributed by atoms with Gasteiger partial charge < -0.3 is 14.2 Å². The van der Waals surface area contributed by atoms with Crippen LogP contribution in [0.1, 0.15) is 31.9 Å². The van der Waals surface area contributed by atoms with Crippen LogP contribution < -0.4 is 9.80 Å². The van der Waals surface area contributed by atoms with Crippen LogP contribution in [0.3, 0.4) is 0 Å². The Labute approximate surface area is 479 Å². The van der Waals surface area contributed by atoms with Crippen LogP contribution in [0.2, 0.25) is 0 Å². The Morgan fingerprint density at radius 1 is 0.280 bits per heavy atom. The highest BCUT2D eigenvalue weighted by atomic mass is 16.3. The van der Waals surface area contributed by atoms with Gasteiger partial charge in [-0.1, -0.05) is 233 Å². The zero-order valence-corrected chi connectivity index (χ0v) is 46.4. The van der Waals surface area contributed by atoms with Gasteiger partial charge in [0.15, 0.2) is 5.58 Å². The standard InChI is InChI=1S/C79H58N2O/c1-51-42-43-56(79(2,3)4)48-68(51)81(58-36-21-10-22-37-58)60-45-47-63-66(50-60)73(55-32-17-8-18-33-55)77-75(71(63)53-28-13-6-14-29-53)74-70(52-26-11-5-12-27-52)62-46-44-59(49-65(62)72(76(74)77)54-30-15-7-16-31-54)80(57-34-19-9-20-35-57)67-40-25-39-64-61-38-23-24-41-69(61)82-78(64)67/h5-50H,1-4H3. The van der Waals surface area contributed by atoms with Crippen LogP contribution in [0.25, 0.3) is 110 Å². The van der Waals surface area contributed by atoms with E-state index in [1.165, 1.54) is 99.6 Å². The maximum Gasteiger partial charge on any atom is 0.159 e. The number of furan rings is 1. The van der Waals surface area contributed by atoms with E-state index in [4.69, 9.17) is 4.42 Å². The van der Waals surface area contributed by atoms with E-state index in [2.05, 4.69) is 310 Å². The Balaban J connectivity index is 1.08. The fourth-order valence-corrected chi connectivity index (χ4v) is 13.0. The fourth-order valence-electron chi connectivity index (χ4n) is 13.0. The van der Waals surface area contributed by atoms with Gasteiger partial charge in [-0.3, -0.25) is 0 Å². The molecule has 0 radical (unpaired) electrons. The van der Waals surface area contributed by atoms with Gasteiger partial charge in [-0.05, 0) is 179 Å². The molecular formula is C79H58N2O. The molecule has 3 heteroatoms. The molecule has 15 rings (SSSR count). The van der Waals surface area contributed by atoms with Crippen LogP contribution in [0.5, 0.6) is 0 Å². The summed E-state index contributed by atoms with van der Waals surface area (Å²) in [4.78, 5) is 4.85. The topological polar surface area (TPSA) is 19.6 Å². The van der Waals surface area contributed by atoms with E-state index < -0.39 is 0 Å². The third-order valence-corrected chi connectivity index (χ3v) is 16.8. The van der Waals surface area contributed by atoms with Crippen molar-refractivity contribution in [3.8, 4) is 66.8 Å². The van der Waals surface area contributed by atoms with Gasteiger partial charge in [0.1, 0.15) is 5.58 Å². The summed E-state index contributed by atoms with van der Waals surface area (Å²) in [6.07, 6.45) is 0. The Morgan fingerprint density at radius 2 is 0.671 bits per heavy atom. The fraction of sp³-hybridized carbons (Fsp3) is 0.0633. The summed E-state index contributed by atoms with van der Waals surface area (Å²) in [5, 5.41) is 6.95. The number of fused-ring (bicyclic) bond motifs is 9. The number of benzene rings is 13. The number of rotatable bonds is 10. The van der Waals surface area contributed by atoms with Crippen LogP contribution in [-0.4, -0.2) is 0 Å².